The van der Waals surface area contributed by atoms with E-state index in [4.69, 9.17) is 22.1 Å². The number of primary amides is 1. The Kier molecular flexibility index (Phi) is 3.90. The summed E-state index contributed by atoms with van der Waals surface area (Å²) < 4.78 is 7.44. The minimum absolute atomic E-state index is 0.0991. The van der Waals surface area contributed by atoms with Gasteiger partial charge < -0.3 is 15.0 Å². The molecule has 0 spiro atoms. The van der Waals surface area contributed by atoms with E-state index in [0.717, 1.165) is 41.2 Å². The molecule has 0 fully saturated rings. The van der Waals surface area contributed by atoms with Crippen LogP contribution in [-0.4, -0.2) is 22.6 Å². The van der Waals surface area contributed by atoms with Crippen LogP contribution in [0.15, 0.2) is 30.3 Å². The van der Waals surface area contributed by atoms with E-state index in [1.54, 1.807) is 19.5 Å². The van der Waals surface area contributed by atoms with E-state index in [2.05, 4.69) is 9.55 Å². The SMILES string of the molecule is COC1=Cc2c(CC(N)=O)c(Cl)c(-c3cccnc3)n2CC1. The van der Waals surface area contributed by atoms with Crippen molar-refractivity contribution in [3.63, 3.8) is 0 Å². The van der Waals surface area contributed by atoms with Crippen LogP contribution in [0.3, 0.4) is 0 Å². The molecule has 0 aliphatic carbocycles. The number of ether oxygens (including phenoxy) is 1. The number of carbonyl (C=O) groups excluding carboxylic acids is 1. The van der Waals surface area contributed by atoms with Crippen molar-refractivity contribution in [2.75, 3.05) is 7.11 Å². The molecule has 22 heavy (non-hydrogen) atoms. The summed E-state index contributed by atoms with van der Waals surface area (Å²) in [4.78, 5) is 15.5. The number of carbonyl (C=O) groups is 1. The van der Waals surface area contributed by atoms with Crippen molar-refractivity contribution < 1.29 is 9.53 Å². The first-order chi connectivity index (χ1) is 10.6. The summed E-state index contributed by atoms with van der Waals surface area (Å²) in [5, 5.41) is 0.551. The van der Waals surface area contributed by atoms with Crippen LogP contribution < -0.4 is 5.73 Å². The highest BCUT2D eigenvalue weighted by atomic mass is 35.5. The predicted molar refractivity (Wildman–Crippen MR) is 85.2 cm³/mol. The minimum Gasteiger partial charge on any atom is -0.501 e. The summed E-state index contributed by atoms with van der Waals surface area (Å²) in [6.07, 6.45) is 6.27. The molecule has 0 aromatic carbocycles. The normalized spacial score (nSPS) is 13.5. The molecule has 1 aliphatic rings. The van der Waals surface area contributed by atoms with Crippen molar-refractivity contribution in [1.29, 1.82) is 0 Å². The molecule has 3 heterocycles. The van der Waals surface area contributed by atoms with E-state index in [1.807, 2.05) is 18.2 Å². The Morgan fingerprint density at radius 1 is 1.55 bits per heavy atom. The van der Waals surface area contributed by atoms with Crippen molar-refractivity contribution in [2.45, 2.75) is 19.4 Å². The van der Waals surface area contributed by atoms with E-state index in [0.29, 0.717) is 5.02 Å². The Bertz CT molecular complexity index is 750. The number of amides is 1. The summed E-state index contributed by atoms with van der Waals surface area (Å²) in [5.74, 6) is 0.455. The van der Waals surface area contributed by atoms with Gasteiger partial charge in [0, 0.05) is 42.2 Å². The fourth-order valence-electron chi connectivity index (χ4n) is 2.79. The van der Waals surface area contributed by atoms with Crippen LogP contribution in [0.1, 0.15) is 17.7 Å². The third kappa shape index (κ3) is 2.48. The van der Waals surface area contributed by atoms with Crippen LogP contribution in [0.4, 0.5) is 0 Å². The number of nitrogens with zero attached hydrogens (tertiary/aromatic N) is 2. The largest absolute Gasteiger partial charge is 0.501 e. The Balaban J connectivity index is 2.23. The highest BCUT2D eigenvalue weighted by Gasteiger charge is 2.25. The quantitative estimate of drug-likeness (QED) is 0.942. The molecule has 6 heteroatoms. The lowest BCUT2D eigenvalue weighted by Gasteiger charge is -2.18. The summed E-state index contributed by atoms with van der Waals surface area (Å²) in [6, 6.07) is 3.81. The number of hydrogen-bond donors (Lipinski definition) is 1. The van der Waals surface area contributed by atoms with Gasteiger partial charge in [-0.15, -0.1) is 0 Å². The van der Waals surface area contributed by atoms with Gasteiger partial charge in [-0.1, -0.05) is 11.6 Å². The lowest BCUT2D eigenvalue weighted by molar-refractivity contribution is -0.117. The van der Waals surface area contributed by atoms with Gasteiger partial charge in [0.15, 0.2) is 0 Å². The first kappa shape index (κ1) is 14.7. The van der Waals surface area contributed by atoms with E-state index in [1.165, 1.54) is 0 Å². The predicted octanol–water partition coefficient (Wildman–Crippen LogP) is 2.62. The maximum absolute atomic E-state index is 11.4. The van der Waals surface area contributed by atoms with Gasteiger partial charge in [0.25, 0.3) is 0 Å². The van der Waals surface area contributed by atoms with Gasteiger partial charge >= 0.3 is 0 Å². The molecule has 1 aliphatic heterocycles. The van der Waals surface area contributed by atoms with Gasteiger partial charge in [-0.25, -0.2) is 0 Å². The second-order valence-corrected chi connectivity index (χ2v) is 5.51. The van der Waals surface area contributed by atoms with Gasteiger partial charge in [0.1, 0.15) is 0 Å². The second kappa shape index (κ2) is 5.85. The Hall–Kier alpha value is -2.27. The van der Waals surface area contributed by atoms with Crippen molar-refractivity contribution in [2.24, 2.45) is 5.73 Å². The van der Waals surface area contributed by atoms with Crippen LogP contribution >= 0.6 is 11.6 Å². The second-order valence-electron chi connectivity index (χ2n) is 5.13. The van der Waals surface area contributed by atoms with Crippen molar-refractivity contribution in [1.82, 2.24) is 9.55 Å². The third-order valence-corrected chi connectivity index (χ3v) is 4.18. The molecule has 0 saturated carbocycles. The Labute approximate surface area is 133 Å². The molecule has 114 valence electrons. The van der Waals surface area contributed by atoms with E-state index < -0.39 is 5.91 Å². The van der Waals surface area contributed by atoms with Crippen molar-refractivity contribution >= 4 is 23.6 Å². The van der Waals surface area contributed by atoms with Crippen LogP contribution in [0.5, 0.6) is 0 Å². The van der Waals surface area contributed by atoms with Gasteiger partial charge in [-0.2, -0.15) is 0 Å². The molecular weight excluding hydrogens is 302 g/mol. The zero-order chi connectivity index (χ0) is 15.7. The molecule has 3 rings (SSSR count). The number of hydrogen-bond acceptors (Lipinski definition) is 3. The molecule has 0 bridgehead atoms. The fourth-order valence-corrected chi connectivity index (χ4v) is 3.16. The van der Waals surface area contributed by atoms with Gasteiger partial charge in [0.2, 0.25) is 5.91 Å². The number of allylic oxidation sites excluding steroid dienone is 1. The summed E-state index contributed by atoms with van der Waals surface area (Å²) >= 11 is 6.56. The molecule has 5 nitrogen and oxygen atoms in total. The number of fused-ring (bicyclic) bond motifs is 1. The first-order valence-corrected chi connectivity index (χ1v) is 7.33. The fraction of sp³-hybridized carbons (Fsp3) is 0.250. The maximum atomic E-state index is 11.4. The Morgan fingerprint density at radius 2 is 2.36 bits per heavy atom. The van der Waals surface area contributed by atoms with Crippen LogP contribution in [0, 0.1) is 0 Å². The highest BCUT2D eigenvalue weighted by molar-refractivity contribution is 6.34. The Morgan fingerprint density at radius 3 is 3.00 bits per heavy atom. The van der Waals surface area contributed by atoms with Gasteiger partial charge in [-0.3, -0.25) is 9.78 Å². The molecule has 0 radical (unpaired) electrons. The standard InChI is InChI=1S/C16H16ClN3O2/c1-22-11-4-6-20-13(7-11)12(8-14(18)21)15(17)16(20)10-3-2-5-19-9-10/h2-3,5,7,9H,4,6,8H2,1H3,(H2,18,21). The lowest BCUT2D eigenvalue weighted by Crippen LogP contribution is -2.15. The van der Waals surface area contributed by atoms with E-state index in [9.17, 15) is 4.79 Å². The molecule has 2 aromatic heterocycles. The zero-order valence-corrected chi connectivity index (χ0v) is 12.9. The van der Waals surface area contributed by atoms with E-state index in [-0.39, 0.29) is 6.42 Å². The summed E-state index contributed by atoms with van der Waals surface area (Å²) in [7, 11) is 1.64. The monoisotopic (exact) mass is 317 g/mol. The molecule has 0 unspecified atom stereocenters. The van der Waals surface area contributed by atoms with Crippen molar-refractivity contribution in [3.05, 3.63) is 46.6 Å². The number of methoxy groups -OCH3 is 1. The number of nitrogens with two attached hydrogens (primary N) is 1. The number of pyridine rings is 1. The highest BCUT2D eigenvalue weighted by Crippen LogP contribution is 2.39. The van der Waals surface area contributed by atoms with Crippen LogP contribution in [0.2, 0.25) is 5.02 Å². The zero-order valence-electron chi connectivity index (χ0n) is 12.2. The summed E-state index contributed by atoms with van der Waals surface area (Å²) in [5.41, 5.74) is 8.77. The number of halogens is 1. The van der Waals surface area contributed by atoms with E-state index >= 15 is 0 Å². The molecule has 2 aromatic rings. The first-order valence-electron chi connectivity index (χ1n) is 6.96. The van der Waals surface area contributed by atoms with Gasteiger partial charge in [0.05, 0.1) is 30.0 Å². The third-order valence-electron chi connectivity index (χ3n) is 3.77. The van der Waals surface area contributed by atoms with Crippen molar-refractivity contribution in [3.8, 4) is 11.3 Å². The number of aromatic nitrogens is 2. The lowest BCUT2D eigenvalue weighted by atomic mass is 10.1. The average Bonchev–Trinajstić information content (AvgIpc) is 2.79. The topological polar surface area (TPSA) is 70.1 Å². The minimum atomic E-state index is -0.411. The number of rotatable bonds is 4. The van der Waals surface area contributed by atoms with Crippen LogP contribution in [0.25, 0.3) is 17.3 Å². The average molecular weight is 318 g/mol. The molecule has 0 saturated heterocycles. The molecule has 2 N–H and O–H groups in total. The summed E-state index contributed by atoms with van der Waals surface area (Å²) in [6.45, 7) is 0.734. The smallest absolute Gasteiger partial charge is 0.221 e. The maximum Gasteiger partial charge on any atom is 0.221 e. The molecular formula is C16H16ClN3O2. The molecule has 0 atom stereocenters. The van der Waals surface area contributed by atoms with Crippen LogP contribution in [-0.2, 0) is 22.5 Å². The van der Waals surface area contributed by atoms with Gasteiger partial charge in [-0.05, 0) is 18.2 Å². The molecule has 1 amide bonds.